The number of alkyl halides is 3. The fraction of sp³-hybridized carbons (Fsp3) is 1.00. The van der Waals surface area contributed by atoms with Gasteiger partial charge in [0.15, 0.2) is 3.79 Å². The minimum atomic E-state index is -1.31. The van der Waals surface area contributed by atoms with Crippen molar-refractivity contribution < 1.29 is 4.57 Å². The normalized spacial score (nSPS) is 13.6. The molecule has 0 rings (SSSR count). The van der Waals surface area contributed by atoms with E-state index in [-0.39, 0.29) is 6.16 Å². The molecule has 0 N–H and O–H groups in total. The molecule has 0 bridgehead atoms. The van der Waals surface area contributed by atoms with Gasteiger partial charge in [0.2, 0.25) is 0 Å². The summed E-state index contributed by atoms with van der Waals surface area (Å²) in [6, 6.07) is 0. The first-order chi connectivity index (χ1) is 3.06. The van der Waals surface area contributed by atoms with Gasteiger partial charge < -0.3 is 4.57 Å². The van der Waals surface area contributed by atoms with Gasteiger partial charge in [-0.15, -0.1) is 0 Å². The summed E-state index contributed by atoms with van der Waals surface area (Å²) in [6.45, 7) is 0. The van der Waals surface area contributed by atoms with Crippen LogP contribution in [-0.2, 0) is 4.57 Å². The van der Waals surface area contributed by atoms with Crippen molar-refractivity contribution in [2.24, 2.45) is 0 Å². The third-order valence-corrected chi connectivity index (χ3v) is 2.33. The lowest BCUT2D eigenvalue weighted by Gasteiger charge is -2.02. The Balaban J connectivity index is 3.34. The number of hydrogen-bond donors (Lipinski definition) is 0. The highest BCUT2D eigenvalue weighted by Crippen LogP contribution is 2.28. The second-order valence-corrected chi connectivity index (χ2v) is 4.24. The van der Waals surface area contributed by atoms with Gasteiger partial charge in [0, 0.05) is 6.16 Å². The van der Waals surface area contributed by atoms with Crippen LogP contribution in [-0.4, -0.2) is 9.95 Å². The van der Waals surface area contributed by atoms with Crippen molar-refractivity contribution in [3.8, 4) is 0 Å². The molecule has 0 fully saturated rings. The molecule has 44 valence electrons. The molecule has 1 atom stereocenters. The van der Waals surface area contributed by atoms with E-state index in [0.717, 1.165) is 0 Å². The van der Waals surface area contributed by atoms with Crippen LogP contribution < -0.4 is 0 Å². The molecule has 0 saturated heterocycles. The summed E-state index contributed by atoms with van der Waals surface area (Å²) in [7, 11) is -0.936. The minimum Gasteiger partial charge on any atom is -0.330 e. The molecule has 0 aliphatic rings. The molecule has 1 unspecified atom stereocenters. The maximum Gasteiger partial charge on any atom is 0.196 e. The van der Waals surface area contributed by atoms with Crippen molar-refractivity contribution in [2.45, 2.75) is 3.79 Å². The van der Waals surface area contributed by atoms with Crippen molar-refractivity contribution in [2.75, 3.05) is 6.16 Å². The fourth-order valence-electron chi connectivity index (χ4n) is 0.0945. The van der Waals surface area contributed by atoms with E-state index >= 15 is 0 Å². The summed E-state index contributed by atoms with van der Waals surface area (Å²) in [5.41, 5.74) is 0. The number of halogens is 3. The van der Waals surface area contributed by atoms with Crippen LogP contribution in [0.3, 0.4) is 0 Å². The molecule has 1 nitrogen and oxygen atoms in total. The van der Waals surface area contributed by atoms with Gasteiger partial charge in [-0.1, -0.05) is 34.8 Å². The molecule has 0 aliphatic heterocycles. The lowest BCUT2D eigenvalue weighted by molar-refractivity contribution is 0.598. The molecule has 0 amide bonds. The predicted octanol–water partition coefficient (Wildman–Crippen LogP) is 2.11. The van der Waals surface area contributed by atoms with Crippen LogP contribution in [0.4, 0.5) is 0 Å². The van der Waals surface area contributed by atoms with E-state index in [9.17, 15) is 4.57 Å². The molecule has 7 heavy (non-hydrogen) atoms. The SMILES string of the molecule is O=[PH2]CC(Cl)(Cl)Cl. The highest BCUT2D eigenvalue weighted by Gasteiger charge is 2.16. The van der Waals surface area contributed by atoms with E-state index in [1.165, 1.54) is 0 Å². The predicted molar refractivity (Wildman–Crippen MR) is 35.6 cm³/mol. The Labute approximate surface area is 58.1 Å². The zero-order valence-corrected chi connectivity index (χ0v) is 6.75. The average molecular weight is 181 g/mol. The Morgan fingerprint density at radius 3 is 1.86 bits per heavy atom. The zero-order valence-electron chi connectivity index (χ0n) is 3.33. The van der Waals surface area contributed by atoms with Crippen LogP contribution in [0, 0.1) is 0 Å². The first-order valence-electron chi connectivity index (χ1n) is 1.56. The van der Waals surface area contributed by atoms with E-state index < -0.39 is 12.3 Å². The lowest BCUT2D eigenvalue weighted by atomic mass is 10.9. The van der Waals surface area contributed by atoms with E-state index in [1.54, 1.807) is 0 Å². The third-order valence-electron chi connectivity index (χ3n) is 0.315. The van der Waals surface area contributed by atoms with Crippen LogP contribution >= 0.6 is 43.3 Å². The number of rotatable bonds is 1. The molecule has 5 heteroatoms. The molecule has 0 aromatic carbocycles. The second-order valence-electron chi connectivity index (χ2n) is 0.986. The smallest absolute Gasteiger partial charge is 0.196 e. The summed E-state index contributed by atoms with van der Waals surface area (Å²) < 4.78 is 8.47. The van der Waals surface area contributed by atoms with Gasteiger partial charge >= 0.3 is 0 Å². The van der Waals surface area contributed by atoms with E-state index in [0.29, 0.717) is 0 Å². The fourth-order valence-corrected chi connectivity index (χ4v) is 0.850. The van der Waals surface area contributed by atoms with E-state index in [4.69, 9.17) is 34.8 Å². The van der Waals surface area contributed by atoms with Crippen molar-refractivity contribution in [1.29, 1.82) is 0 Å². The highest BCUT2D eigenvalue weighted by atomic mass is 35.6. The van der Waals surface area contributed by atoms with Crippen LogP contribution in [0.25, 0.3) is 0 Å². The lowest BCUT2D eigenvalue weighted by Crippen LogP contribution is -2.01. The van der Waals surface area contributed by atoms with Gasteiger partial charge in [-0.25, -0.2) is 0 Å². The Morgan fingerprint density at radius 2 is 1.86 bits per heavy atom. The number of hydrogen-bond acceptors (Lipinski definition) is 1. The summed E-state index contributed by atoms with van der Waals surface area (Å²) >= 11 is 15.6. The summed E-state index contributed by atoms with van der Waals surface area (Å²) in [5.74, 6) is 0. The monoisotopic (exact) mass is 180 g/mol. The van der Waals surface area contributed by atoms with Gasteiger partial charge in [0.1, 0.15) is 0 Å². The van der Waals surface area contributed by atoms with Crippen LogP contribution in [0.5, 0.6) is 0 Å². The van der Waals surface area contributed by atoms with Crippen LogP contribution in [0.1, 0.15) is 0 Å². The molecular weight excluding hydrogens is 177 g/mol. The Bertz CT molecular complexity index is 67.8. The Kier molecular flexibility index (Phi) is 3.69. The minimum absolute atomic E-state index is 0.164. The molecule has 0 radical (unpaired) electrons. The molecule has 0 spiro atoms. The van der Waals surface area contributed by atoms with Gasteiger partial charge in [-0.3, -0.25) is 0 Å². The Morgan fingerprint density at radius 1 is 1.43 bits per heavy atom. The zero-order chi connectivity index (χ0) is 5.91. The molecule has 0 aliphatic carbocycles. The maximum absolute atomic E-state index is 9.78. The average Bonchev–Trinajstić information content (AvgIpc) is 1.30. The van der Waals surface area contributed by atoms with Crippen LogP contribution in [0.15, 0.2) is 0 Å². The van der Waals surface area contributed by atoms with Gasteiger partial charge in [-0.2, -0.15) is 0 Å². The van der Waals surface area contributed by atoms with Gasteiger partial charge in [-0.05, 0) is 0 Å². The van der Waals surface area contributed by atoms with Crippen molar-refractivity contribution in [1.82, 2.24) is 0 Å². The van der Waals surface area contributed by atoms with Crippen molar-refractivity contribution in [3.05, 3.63) is 0 Å². The van der Waals surface area contributed by atoms with Crippen molar-refractivity contribution in [3.63, 3.8) is 0 Å². The molecule has 0 heterocycles. The maximum atomic E-state index is 9.78. The summed E-state index contributed by atoms with van der Waals surface area (Å²) in [6.07, 6.45) is 0.164. The molecule has 0 aromatic rings. The van der Waals surface area contributed by atoms with Crippen molar-refractivity contribution >= 4 is 43.3 Å². The standard InChI is InChI=1S/C2H4Cl3OP/c3-2(4,5)1-7-6/h1,7H2. The van der Waals surface area contributed by atoms with Gasteiger partial charge in [0.25, 0.3) is 0 Å². The first-order valence-corrected chi connectivity index (χ1v) is 3.99. The largest absolute Gasteiger partial charge is 0.330 e. The first kappa shape index (κ1) is 8.10. The summed E-state index contributed by atoms with van der Waals surface area (Å²) in [4.78, 5) is 0. The third kappa shape index (κ3) is 7.10. The van der Waals surface area contributed by atoms with E-state index in [2.05, 4.69) is 0 Å². The molecule has 0 saturated carbocycles. The molecule has 0 aromatic heterocycles. The quantitative estimate of drug-likeness (QED) is 0.447. The van der Waals surface area contributed by atoms with Crippen LogP contribution in [0.2, 0.25) is 0 Å². The topological polar surface area (TPSA) is 17.1 Å². The summed E-state index contributed by atoms with van der Waals surface area (Å²) in [5, 5.41) is 0. The molecular formula is C2H4Cl3OP. The van der Waals surface area contributed by atoms with E-state index in [1.807, 2.05) is 0 Å². The second kappa shape index (κ2) is 3.19. The highest BCUT2D eigenvalue weighted by molar-refractivity contribution is 7.24. The van der Waals surface area contributed by atoms with Gasteiger partial charge in [0.05, 0.1) is 8.46 Å². The Hall–Kier alpha value is 1.10.